The highest BCUT2D eigenvalue weighted by atomic mass is 79.9. The molecular weight excluding hydrogens is 382 g/mol. The van der Waals surface area contributed by atoms with Crippen LogP contribution >= 0.6 is 31.9 Å². The lowest BCUT2D eigenvalue weighted by atomic mass is 9.89. The molecule has 106 valence electrons. The highest BCUT2D eigenvalue weighted by Crippen LogP contribution is 2.33. The Balaban J connectivity index is 2.33. The van der Waals surface area contributed by atoms with Crippen LogP contribution in [0.25, 0.3) is 0 Å². The molecule has 0 bridgehead atoms. The van der Waals surface area contributed by atoms with Gasteiger partial charge in [0, 0.05) is 21.4 Å². The lowest BCUT2D eigenvalue weighted by molar-refractivity contribution is 0.147. The molecule has 0 amide bonds. The van der Waals surface area contributed by atoms with Crippen LogP contribution in [0.4, 0.5) is 0 Å². The molecule has 0 fully saturated rings. The molecule has 2 unspecified atom stereocenters. The molecule has 4 heteroatoms. The molecule has 0 saturated heterocycles. The number of hydrogen-bond donors (Lipinski definition) is 2. The van der Waals surface area contributed by atoms with Gasteiger partial charge in [0.25, 0.3) is 0 Å². The molecule has 0 radical (unpaired) electrons. The van der Waals surface area contributed by atoms with Crippen molar-refractivity contribution in [3.05, 3.63) is 68.1 Å². The molecule has 2 aromatic rings. The maximum absolute atomic E-state index is 10.6. The topological polar surface area (TPSA) is 46.2 Å². The van der Waals surface area contributed by atoms with Crippen LogP contribution in [0.15, 0.2) is 51.4 Å². The largest absolute Gasteiger partial charge is 0.388 e. The van der Waals surface area contributed by atoms with E-state index in [1.54, 1.807) is 0 Å². The van der Waals surface area contributed by atoms with Gasteiger partial charge in [-0.15, -0.1) is 0 Å². The van der Waals surface area contributed by atoms with Gasteiger partial charge in [-0.25, -0.2) is 0 Å². The minimum absolute atomic E-state index is 0.123. The fourth-order valence-corrected chi connectivity index (χ4v) is 3.02. The molecule has 0 spiro atoms. The van der Waals surface area contributed by atoms with Gasteiger partial charge in [0.05, 0.1) is 6.10 Å². The van der Waals surface area contributed by atoms with Gasteiger partial charge in [-0.05, 0) is 41.8 Å². The predicted molar refractivity (Wildman–Crippen MR) is 89.8 cm³/mol. The minimum atomic E-state index is -0.619. The summed E-state index contributed by atoms with van der Waals surface area (Å²) in [7, 11) is 0. The summed E-state index contributed by atoms with van der Waals surface area (Å²) in [5.74, 6) is -0.123. The van der Waals surface area contributed by atoms with E-state index < -0.39 is 6.10 Å². The van der Waals surface area contributed by atoms with Crippen molar-refractivity contribution in [2.24, 2.45) is 5.73 Å². The van der Waals surface area contributed by atoms with Crippen LogP contribution in [0.1, 0.15) is 28.7 Å². The summed E-state index contributed by atoms with van der Waals surface area (Å²) < 4.78 is 1.99. The van der Waals surface area contributed by atoms with Crippen LogP contribution in [0, 0.1) is 6.92 Å². The van der Waals surface area contributed by atoms with E-state index in [9.17, 15) is 5.11 Å². The third kappa shape index (κ3) is 3.50. The van der Waals surface area contributed by atoms with Gasteiger partial charge >= 0.3 is 0 Å². The summed E-state index contributed by atoms with van der Waals surface area (Å²) in [4.78, 5) is 0. The molecular formula is C16H17Br2NO. The van der Waals surface area contributed by atoms with E-state index in [1.165, 1.54) is 0 Å². The average Bonchev–Trinajstić information content (AvgIpc) is 2.42. The zero-order valence-corrected chi connectivity index (χ0v) is 14.4. The van der Waals surface area contributed by atoms with Crippen molar-refractivity contribution in [3.63, 3.8) is 0 Å². The van der Waals surface area contributed by atoms with Gasteiger partial charge in [-0.2, -0.15) is 0 Å². The number of hydrogen-bond acceptors (Lipinski definition) is 2. The molecule has 0 aliphatic rings. The lowest BCUT2D eigenvalue weighted by Crippen LogP contribution is -2.20. The van der Waals surface area contributed by atoms with Gasteiger partial charge in [-0.1, -0.05) is 56.1 Å². The maximum Gasteiger partial charge on any atom is 0.0871 e. The Kier molecular flexibility index (Phi) is 5.38. The molecule has 2 rings (SSSR count). The zero-order valence-electron chi connectivity index (χ0n) is 11.2. The summed E-state index contributed by atoms with van der Waals surface area (Å²) in [6, 6.07) is 13.8. The van der Waals surface area contributed by atoms with Crippen molar-refractivity contribution in [2.45, 2.75) is 18.9 Å². The number of aliphatic hydroxyl groups excluding tert-OH is 1. The fourth-order valence-electron chi connectivity index (χ4n) is 2.21. The first-order valence-corrected chi connectivity index (χ1v) is 8.01. The fraction of sp³-hybridized carbons (Fsp3) is 0.250. The number of aliphatic hydroxyl groups is 1. The Morgan fingerprint density at radius 1 is 1.10 bits per heavy atom. The first-order valence-electron chi connectivity index (χ1n) is 6.42. The normalized spacial score (nSPS) is 14.1. The second kappa shape index (κ2) is 6.85. The number of nitrogens with two attached hydrogens (primary N) is 1. The third-order valence-electron chi connectivity index (χ3n) is 3.45. The Hall–Kier alpha value is -0.680. The third-order valence-corrected chi connectivity index (χ3v) is 4.80. The Morgan fingerprint density at radius 2 is 1.85 bits per heavy atom. The summed E-state index contributed by atoms with van der Waals surface area (Å²) in [6.07, 6.45) is -0.619. The molecule has 2 aromatic carbocycles. The lowest BCUT2D eigenvalue weighted by Gasteiger charge is -2.23. The standard InChI is InChI=1S/C16H17Br2NO/c1-10-5-6-12(8-15(10)18)16(20)14(9-19)11-3-2-4-13(17)7-11/h2-8,14,16,20H,9,19H2,1H3. The SMILES string of the molecule is Cc1ccc(C(O)C(CN)c2cccc(Br)c2)cc1Br. The van der Waals surface area contributed by atoms with Crippen molar-refractivity contribution in [1.82, 2.24) is 0 Å². The van der Waals surface area contributed by atoms with E-state index in [2.05, 4.69) is 31.9 Å². The van der Waals surface area contributed by atoms with E-state index in [0.29, 0.717) is 6.54 Å². The first kappa shape index (κ1) is 15.7. The molecule has 0 aliphatic heterocycles. The van der Waals surface area contributed by atoms with E-state index in [0.717, 1.165) is 25.6 Å². The highest BCUT2D eigenvalue weighted by Gasteiger charge is 2.22. The van der Waals surface area contributed by atoms with Crippen LogP contribution in [-0.4, -0.2) is 11.7 Å². The number of benzene rings is 2. The Bertz CT molecular complexity index is 601. The summed E-state index contributed by atoms with van der Waals surface area (Å²) in [5, 5.41) is 10.6. The number of halogens is 2. The van der Waals surface area contributed by atoms with Crippen molar-refractivity contribution < 1.29 is 5.11 Å². The first-order chi connectivity index (χ1) is 9.52. The summed E-state index contributed by atoms with van der Waals surface area (Å²) in [6.45, 7) is 2.41. The van der Waals surface area contributed by atoms with Crippen LogP contribution in [0.3, 0.4) is 0 Å². The van der Waals surface area contributed by atoms with Gasteiger partial charge in [0.15, 0.2) is 0 Å². The molecule has 0 aromatic heterocycles. The van der Waals surface area contributed by atoms with E-state index >= 15 is 0 Å². The molecule has 3 N–H and O–H groups in total. The van der Waals surface area contributed by atoms with Gasteiger partial charge in [0.2, 0.25) is 0 Å². The molecule has 0 saturated carbocycles. The average molecular weight is 399 g/mol. The minimum Gasteiger partial charge on any atom is -0.388 e. The number of aryl methyl sites for hydroxylation is 1. The monoisotopic (exact) mass is 397 g/mol. The smallest absolute Gasteiger partial charge is 0.0871 e. The summed E-state index contributed by atoms with van der Waals surface area (Å²) >= 11 is 6.96. The zero-order chi connectivity index (χ0) is 14.7. The quantitative estimate of drug-likeness (QED) is 0.806. The Morgan fingerprint density at radius 3 is 2.45 bits per heavy atom. The van der Waals surface area contributed by atoms with E-state index in [-0.39, 0.29) is 5.92 Å². The molecule has 0 heterocycles. The van der Waals surface area contributed by atoms with Crippen LogP contribution < -0.4 is 5.73 Å². The molecule has 2 nitrogen and oxygen atoms in total. The van der Waals surface area contributed by atoms with Crippen LogP contribution in [0.5, 0.6) is 0 Å². The van der Waals surface area contributed by atoms with E-state index in [1.807, 2.05) is 49.4 Å². The van der Waals surface area contributed by atoms with Crippen LogP contribution in [0.2, 0.25) is 0 Å². The van der Waals surface area contributed by atoms with Crippen molar-refractivity contribution in [3.8, 4) is 0 Å². The highest BCUT2D eigenvalue weighted by molar-refractivity contribution is 9.10. The number of rotatable bonds is 4. The molecule has 20 heavy (non-hydrogen) atoms. The van der Waals surface area contributed by atoms with Crippen LogP contribution in [-0.2, 0) is 0 Å². The maximum atomic E-state index is 10.6. The van der Waals surface area contributed by atoms with Gasteiger partial charge in [-0.3, -0.25) is 0 Å². The van der Waals surface area contributed by atoms with Crippen molar-refractivity contribution in [1.29, 1.82) is 0 Å². The van der Waals surface area contributed by atoms with Crippen molar-refractivity contribution >= 4 is 31.9 Å². The van der Waals surface area contributed by atoms with Gasteiger partial charge in [0.1, 0.15) is 0 Å². The second-order valence-electron chi connectivity index (χ2n) is 4.85. The van der Waals surface area contributed by atoms with E-state index in [4.69, 9.17) is 5.73 Å². The molecule has 2 atom stereocenters. The van der Waals surface area contributed by atoms with Crippen molar-refractivity contribution in [2.75, 3.05) is 6.54 Å². The summed E-state index contributed by atoms with van der Waals surface area (Å²) in [5.41, 5.74) is 8.93. The van der Waals surface area contributed by atoms with Gasteiger partial charge < -0.3 is 10.8 Å². The Labute approximate surface area is 136 Å². The predicted octanol–water partition coefficient (Wildman–Crippen LogP) is 4.30. The molecule has 0 aliphatic carbocycles. The second-order valence-corrected chi connectivity index (χ2v) is 6.62.